The Morgan fingerprint density at radius 2 is 1.67 bits per heavy atom. The Morgan fingerprint density at radius 1 is 1.07 bits per heavy atom. The second-order valence-corrected chi connectivity index (χ2v) is 8.10. The van der Waals surface area contributed by atoms with Crippen LogP contribution in [-0.4, -0.2) is 6.10 Å². The Kier molecular flexibility index (Phi) is 12.0. The van der Waals surface area contributed by atoms with E-state index in [9.17, 15) is 0 Å². The highest BCUT2D eigenvalue weighted by Gasteiger charge is 2.09. The summed E-state index contributed by atoms with van der Waals surface area (Å²) in [5.41, 5.74) is 11.0. The van der Waals surface area contributed by atoms with E-state index >= 15 is 0 Å². The van der Waals surface area contributed by atoms with Gasteiger partial charge in [0, 0.05) is 10.7 Å². The standard InChI is InChI=1S/C19H29NO.C8H9Cl/c1-6-8-18(9-7-2)21-19-11-10-14(3)17(13-19)12-15(4)16(5)20;1-2-7-3-5-8(9)6-4-7/h10-13,18H,5-9,20H2,1-4H3;3-6H,2H2,1H3/b15-12+;. The first-order valence-corrected chi connectivity index (χ1v) is 11.3. The molecule has 0 heterocycles. The number of benzene rings is 2. The molecule has 2 aromatic carbocycles. The Bertz CT molecular complexity index is 802. The molecule has 0 unspecified atom stereocenters. The van der Waals surface area contributed by atoms with E-state index in [4.69, 9.17) is 22.1 Å². The van der Waals surface area contributed by atoms with Crippen LogP contribution in [0.25, 0.3) is 6.08 Å². The van der Waals surface area contributed by atoms with Crippen LogP contribution in [0.3, 0.4) is 0 Å². The molecule has 0 atom stereocenters. The van der Waals surface area contributed by atoms with Crippen LogP contribution in [0.5, 0.6) is 5.75 Å². The molecule has 2 rings (SSSR count). The van der Waals surface area contributed by atoms with Gasteiger partial charge < -0.3 is 10.5 Å². The summed E-state index contributed by atoms with van der Waals surface area (Å²) < 4.78 is 6.15. The van der Waals surface area contributed by atoms with Crippen molar-refractivity contribution in [3.8, 4) is 5.75 Å². The van der Waals surface area contributed by atoms with E-state index < -0.39 is 0 Å². The van der Waals surface area contributed by atoms with Gasteiger partial charge in [-0.25, -0.2) is 0 Å². The predicted octanol–water partition coefficient (Wildman–Crippen LogP) is 8.12. The molecule has 0 spiro atoms. The molecule has 0 radical (unpaired) electrons. The number of ether oxygens (including phenoxy) is 1. The van der Waals surface area contributed by atoms with E-state index in [2.05, 4.69) is 58.5 Å². The fraction of sp³-hybridized carbons (Fsp3) is 0.407. The summed E-state index contributed by atoms with van der Waals surface area (Å²) in [6.07, 6.45) is 7.96. The highest BCUT2D eigenvalue weighted by molar-refractivity contribution is 6.30. The minimum Gasteiger partial charge on any atom is -0.490 e. The van der Waals surface area contributed by atoms with Crippen molar-refractivity contribution in [2.45, 2.75) is 72.8 Å². The third-order valence-corrected chi connectivity index (χ3v) is 5.23. The molecule has 0 saturated carbocycles. The van der Waals surface area contributed by atoms with Crippen molar-refractivity contribution in [3.05, 3.63) is 82.0 Å². The molecule has 0 bridgehead atoms. The normalized spacial score (nSPS) is 11.1. The first kappa shape index (κ1) is 25.8. The fourth-order valence-corrected chi connectivity index (χ4v) is 3.12. The lowest BCUT2D eigenvalue weighted by atomic mass is 10.0. The number of rotatable bonds is 9. The molecule has 164 valence electrons. The van der Waals surface area contributed by atoms with Crippen molar-refractivity contribution in [1.82, 2.24) is 0 Å². The van der Waals surface area contributed by atoms with Gasteiger partial charge in [0.1, 0.15) is 5.75 Å². The SMILES string of the molecule is C=C(N)/C(C)=C/c1cc(OC(CCC)CCC)ccc1C.CCc1ccc(Cl)cc1. The molecule has 30 heavy (non-hydrogen) atoms. The van der Waals surface area contributed by atoms with Gasteiger partial charge in [-0.05, 0) is 85.7 Å². The molecule has 0 amide bonds. The third-order valence-electron chi connectivity index (χ3n) is 4.97. The molecule has 0 fully saturated rings. The zero-order chi connectivity index (χ0) is 22.5. The van der Waals surface area contributed by atoms with Gasteiger partial charge >= 0.3 is 0 Å². The zero-order valence-corrected chi connectivity index (χ0v) is 20.1. The van der Waals surface area contributed by atoms with E-state index in [0.29, 0.717) is 11.8 Å². The fourth-order valence-electron chi connectivity index (χ4n) is 2.99. The lowest BCUT2D eigenvalue weighted by Crippen LogP contribution is -2.15. The maximum Gasteiger partial charge on any atom is 0.120 e. The van der Waals surface area contributed by atoms with Crippen LogP contribution in [0.4, 0.5) is 0 Å². The van der Waals surface area contributed by atoms with Gasteiger partial charge in [-0.1, -0.05) is 70.0 Å². The average Bonchev–Trinajstić information content (AvgIpc) is 2.72. The summed E-state index contributed by atoms with van der Waals surface area (Å²) in [7, 11) is 0. The molecule has 2 aromatic rings. The van der Waals surface area contributed by atoms with E-state index in [1.807, 2.05) is 31.2 Å². The lowest BCUT2D eigenvalue weighted by molar-refractivity contribution is 0.179. The average molecular weight is 428 g/mol. The minimum atomic E-state index is 0.310. The molecule has 2 N–H and O–H groups in total. The summed E-state index contributed by atoms with van der Waals surface area (Å²) in [6, 6.07) is 14.2. The van der Waals surface area contributed by atoms with Crippen LogP contribution in [0.1, 0.15) is 70.1 Å². The van der Waals surface area contributed by atoms with Gasteiger partial charge in [-0.3, -0.25) is 0 Å². The maximum atomic E-state index is 6.15. The summed E-state index contributed by atoms with van der Waals surface area (Å²) in [6.45, 7) is 14.4. The third kappa shape index (κ3) is 9.54. The summed E-state index contributed by atoms with van der Waals surface area (Å²) in [4.78, 5) is 0. The number of allylic oxidation sites excluding steroid dienone is 1. The Labute approximate surface area is 188 Å². The van der Waals surface area contributed by atoms with E-state index in [0.717, 1.165) is 54.0 Å². The number of hydrogen-bond donors (Lipinski definition) is 1. The quantitative estimate of drug-likeness (QED) is 0.410. The van der Waals surface area contributed by atoms with Gasteiger partial charge in [0.2, 0.25) is 0 Å². The zero-order valence-electron chi connectivity index (χ0n) is 19.3. The van der Waals surface area contributed by atoms with Crippen LogP contribution in [0.15, 0.2) is 60.3 Å². The largest absolute Gasteiger partial charge is 0.490 e. The van der Waals surface area contributed by atoms with E-state index in [-0.39, 0.29) is 0 Å². The summed E-state index contributed by atoms with van der Waals surface area (Å²) in [5, 5.41) is 0.812. The molecular formula is C27H38ClNO. The van der Waals surface area contributed by atoms with Gasteiger partial charge in [0.15, 0.2) is 0 Å². The smallest absolute Gasteiger partial charge is 0.120 e. The van der Waals surface area contributed by atoms with Crippen molar-refractivity contribution >= 4 is 17.7 Å². The molecular weight excluding hydrogens is 390 g/mol. The van der Waals surface area contributed by atoms with E-state index in [1.165, 1.54) is 11.1 Å². The summed E-state index contributed by atoms with van der Waals surface area (Å²) in [5.74, 6) is 0.939. The van der Waals surface area contributed by atoms with Gasteiger partial charge in [0.05, 0.1) is 6.10 Å². The maximum absolute atomic E-state index is 6.15. The monoisotopic (exact) mass is 427 g/mol. The van der Waals surface area contributed by atoms with E-state index in [1.54, 1.807) is 0 Å². The molecule has 0 aromatic heterocycles. The molecule has 2 nitrogen and oxygen atoms in total. The van der Waals surface area contributed by atoms with Crippen LogP contribution in [0.2, 0.25) is 5.02 Å². The highest BCUT2D eigenvalue weighted by atomic mass is 35.5. The second kappa shape index (κ2) is 13.9. The Morgan fingerprint density at radius 3 is 2.17 bits per heavy atom. The van der Waals surface area contributed by atoms with Crippen molar-refractivity contribution in [1.29, 1.82) is 0 Å². The number of aryl methyl sites for hydroxylation is 2. The van der Waals surface area contributed by atoms with Crippen LogP contribution in [-0.2, 0) is 6.42 Å². The minimum absolute atomic E-state index is 0.310. The van der Waals surface area contributed by atoms with Gasteiger partial charge in [-0.15, -0.1) is 0 Å². The van der Waals surface area contributed by atoms with Crippen molar-refractivity contribution in [2.24, 2.45) is 5.73 Å². The Balaban J connectivity index is 0.000000414. The Hall–Kier alpha value is -2.19. The van der Waals surface area contributed by atoms with Gasteiger partial charge in [-0.2, -0.15) is 0 Å². The first-order valence-electron chi connectivity index (χ1n) is 10.9. The van der Waals surface area contributed by atoms with Crippen molar-refractivity contribution in [3.63, 3.8) is 0 Å². The van der Waals surface area contributed by atoms with Gasteiger partial charge in [0.25, 0.3) is 0 Å². The molecule has 0 aliphatic rings. The van der Waals surface area contributed by atoms with Crippen molar-refractivity contribution in [2.75, 3.05) is 0 Å². The predicted molar refractivity (Wildman–Crippen MR) is 133 cm³/mol. The second-order valence-electron chi connectivity index (χ2n) is 7.67. The summed E-state index contributed by atoms with van der Waals surface area (Å²) >= 11 is 5.67. The molecule has 0 aliphatic carbocycles. The van der Waals surface area contributed by atoms with Crippen LogP contribution in [0, 0.1) is 6.92 Å². The number of nitrogens with two attached hydrogens (primary N) is 1. The molecule has 0 saturated heterocycles. The molecule has 3 heteroatoms. The highest BCUT2D eigenvalue weighted by Crippen LogP contribution is 2.23. The number of halogens is 1. The lowest BCUT2D eigenvalue weighted by Gasteiger charge is -2.19. The molecule has 0 aliphatic heterocycles. The van der Waals surface area contributed by atoms with Crippen LogP contribution >= 0.6 is 11.6 Å². The number of hydrogen-bond acceptors (Lipinski definition) is 2. The van der Waals surface area contributed by atoms with Crippen molar-refractivity contribution < 1.29 is 4.74 Å². The van der Waals surface area contributed by atoms with Crippen LogP contribution < -0.4 is 10.5 Å². The topological polar surface area (TPSA) is 35.2 Å². The first-order chi connectivity index (χ1) is 14.3.